The van der Waals surface area contributed by atoms with Crippen molar-refractivity contribution in [2.45, 2.75) is 38.0 Å². The predicted octanol–water partition coefficient (Wildman–Crippen LogP) is 7.89. The normalized spacial score (nSPS) is 23.8. The summed E-state index contributed by atoms with van der Waals surface area (Å²) in [6.45, 7) is 0. The molecule has 3 atom stereocenters. The van der Waals surface area contributed by atoms with Crippen LogP contribution in [0.3, 0.4) is 0 Å². The summed E-state index contributed by atoms with van der Waals surface area (Å²) in [5.74, 6) is 2.07. The van der Waals surface area contributed by atoms with Gasteiger partial charge in [0, 0.05) is 32.3 Å². The molecule has 0 N–H and O–H groups in total. The van der Waals surface area contributed by atoms with Crippen molar-refractivity contribution in [1.82, 2.24) is 0 Å². The number of fused-ring (bicyclic) bond motifs is 3. The van der Waals surface area contributed by atoms with Crippen LogP contribution in [0, 0.1) is 50.2 Å². The molecule has 0 spiro atoms. The fourth-order valence-corrected chi connectivity index (χ4v) is 6.08. The van der Waals surface area contributed by atoms with E-state index in [-0.39, 0.29) is 32.3 Å². The van der Waals surface area contributed by atoms with Crippen LogP contribution in [0.5, 0.6) is 0 Å². The molecule has 1 radical (unpaired) electrons. The Morgan fingerprint density at radius 3 is 2.48 bits per heavy atom. The number of hydrogen-bond donors (Lipinski definition) is 0. The molecule has 1 fully saturated rings. The fourth-order valence-electron chi connectivity index (χ4n) is 6.08. The van der Waals surface area contributed by atoms with E-state index >= 15 is 0 Å². The summed E-state index contributed by atoms with van der Waals surface area (Å²) in [5.41, 5.74) is 7.29. The summed E-state index contributed by atoms with van der Waals surface area (Å²) >= 11 is 0. The van der Waals surface area contributed by atoms with Crippen molar-refractivity contribution >= 4 is 16.8 Å². The molecule has 0 amide bonds. The largest absolute Gasteiger partial charge is 0.147 e. The first-order valence-electron chi connectivity index (χ1n) is 11.5. The number of benzene rings is 3. The summed E-state index contributed by atoms with van der Waals surface area (Å²) in [6.07, 6.45) is 20.3. The van der Waals surface area contributed by atoms with Crippen molar-refractivity contribution in [3.8, 4) is 11.1 Å². The second-order valence-corrected chi connectivity index (χ2v) is 9.05. The van der Waals surface area contributed by atoms with E-state index in [9.17, 15) is 0 Å². The van der Waals surface area contributed by atoms with Gasteiger partial charge in [-0.1, -0.05) is 77.2 Å². The average Bonchev–Trinajstić information content (AvgIpc) is 2.82. The van der Waals surface area contributed by atoms with Crippen LogP contribution in [0.4, 0.5) is 0 Å². The van der Waals surface area contributed by atoms with Gasteiger partial charge in [-0.3, -0.25) is 0 Å². The van der Waals surface area contributed by atoms with Crippen molar-refractivity contribution in [2.75, 3.05) is 0 Å². The molecule has 3 aromatic rings. The SMILES string of the molecule is [Pa].[c-]1ccccc1-c1c2c(c(C3CCC4C=CC=CC4C3)c3ccccc13)C=CCC2. The Morgan fingerprint density at radius 1 is 0.839 bits per heavy atom. The minimum absolute atomic E-state index is 0. The minimum Gasteiger partial charge on any atom is -0.147 e. The molecule has 1 heteroatoms. The van der Waals surface area contributed by atoms with E-state index in [1.807, 2.05) is 6.07 Å². The number of rotatable bonds is 2. The Kier molecular flexibility index (Phi) is 6.12. The van der Waals surface area contributed by atoms with Crippen LogP contribution < -0.4 is 0 Å². The average molecular weight is 619 g/mol. The van der Waals surface area contributed by atoms with Gasteiger partial charge in [-0.2, -0.15) is 0 Å². The van der Waals surface area contributed by atoms with Crippen molar-refractivity contribution in [2.24, 2.45) is 11.8 Å². The third-order valence-corrected chi connectivity index (χ3v) is 7.42. The minimum atomic E-state index is 0. The summed E-state index contributed by atoms with van der Waals surface area (Å²) in [5, 5.41) is 2.86. The van der Waals surface area contributed by atoms with Crippen molar-refractivity contribution < 1.29 is 32.3 Å². The van der Waals surface area contributed by atoms with Crippen LogP contribution in [-0.2, 0) is 6.42 Å². The molecule has 3 aliphatic rings. The van der Waals surface area contributed by atoms with Gasteiger partial charge in [0.05, 0.1) is 0 Å². The molecule has 0 nitrogen and oxygen atoms in total. The molecular weight excluding hydrogens is 591 g/mol. The second-order valence-electron chi connectivity index (χ2n) is 9.05. The molecule has 0 saturated heterocycles. The summed E-state index contributed by atoms with van der Waals surface area (Å²) in [4.78, 5) is 0. The molecule has 6 rings (SSSR count). The second kappa shape index (κ2) is 9.00. The first-order chi connectivity index (χ1) is 14.9. The number of allylic oxidation sites excluding steroid dienone is 5. The van der Waals surface area contributed by atoms with Gasteiger partial charge in [-0.25, -0.2) is 0 Å². The first kappa shape index (κ1) is 21.1. The Balaban J connectivity index is 0.00000204. The van der Waals surface area contributed by atoms with Crippen LogP contribution in [0.15, 0.2) is 78.9 Å². The molecular formula is C30H27Pa-. The zero-order chi connectivity index (χ0) is 19.9. The molecule has 0 bridgehead atoms. The van der Waals surface area contributed by atoms with Gasteiger partial charge in [0.15, 0.2) is 0 Å². The molecule has 1 saturated carbocycles. The smallest absolute Gasteiger partial charge is 0 e. The van der Waals surface area contributed by atoms with Crippen LogP contribution >= 0.6 is 0 Å². The summed E-state index contributed by atoms with van der Waals surface area (Å²) in [7, 11) is 0. The van der Waals surface area contributed by atoms with Crippen molar-refractivity contribution in [3.63, 3.8) is 0 Å². The molecule has 0 heterocycles. The van der Waals surface area contributed by atoms with Gasteiger partial charge in [0.1, 0.15) is 0 Å². The molecule has 31 heavy (non-hydrogen) atoms. The van der Waals surface area contributed by atoms with Gasteiger partial charge in [0.2, 0.25) is 0 Å². The third kappa shape index (κ3) is 3.72. The Labute approximate surface area is 210 Å². The quantitative estimate of drug-likeness (QED) is 0.257. The van der Waals surface area contributed by atoms with Crippen LogP contribution in [-0.4, -0.2) is 0 Å². The molecule has 0 aliphatic heterocycles. The Morgan fingerprint density at radius 2 is 1.65 bits per heavy atom. The zero-order valence-corrected chi connectivity index (χ0v) is 22.7. The maximum atomic E-state index is 3.52. The molecule has 3 aliphatic carbocycles. The van der Waals surface area contributed by atoms with E-state index in [1.54, 1.807) is 5.56 Å². The van der Waals surface area contributed by atoms with Crippen LogP contribution in [0.25, 0.3) is 28.0 Å². The maximum Gasteiger partial charge on any atom is 0 e. The van der Waals surface area contributed by atoms with E-state index in [0.717, 1.165) is 18.8 Å². The summed E-state index contributed by atoms with van der Waals surface area (Å²) in [6, 6.07) is 21.1. The monoisotopic (exact) mass is 618 g/mol. The standard InChI is InChI=1S/C30H27.Pa/c1-2-11-22(12-3-1)29-25-14-6-8-16-27(25)30(28-17-9-7-15-26(28)29)24-19-18-21-10-4-5-13-23(21)20-24;/h1-6,8-11,13-14,16-17,21,23-24H,7,15,18-20H2;/q-1;. The van der Waals surface area contributed by atoms with E-state index in [0.29, 0.717) is 11.8 Å². The first-order valence-corrected chi connectivity index (χ1v) is 11.5. The number of hydrogen-bond acceptors (Lipinski definition) is 0. The van der Waals surface area contributed by atoms with Gasteiger partial charge >= 0.3 is 0 Å². The summed E-state index contributed by atoms with van der Waals surface area (Å²) < 4.78 is 0. The Hall–Kier alpha value is -1.77. The van der Waals surface area contributed by atoms with Gasteiger partial charge in [-0.05, 0) is 66.4 Å². The van der Waals surface area contributed by atoms with E-state index in [4.69, 9.17) is 0 Å². The predicted molar refractivity (Wildman–Crippen MR) is 127 cm³/mol. The molecule has 3 unspecified atom stereocenters. The van der Waals surface area contributed by atoms with E-state index < -0.39 is 0 Å². The Bertz CT molecular complexity index is 1180. The zero-order valence-electron chi connectivity index (χ0n) is 17.9. The van der Waals surface area contributed by atoms with E-state index in [2.05, 4.69) is 85.0 Å². The topological polar surface area (TPSA) is 0 Å². The van der Waals surface area contributed by atoms with E-state index in [1.165, 1.54) is 52.3 Å². The van der Waals surface area contributed by atoms with Gasteiger partial charge in [-0.15, -0.1) is 35.9 Å². The van der Waals surface area contributed by atoms with Crippen molar-refractivity contribution in [1.29, 1.82) is 0 Å². The van der Waals surface area contributed by atoms with Crippen LogP contribution in [0.2, 0.25) is 0 Å². The maximum absolute atomic E-state index is 3.52. The third-order valence-electron chi connectivity index (χ3n) is 7.42. The van der Waals surface area contributed by atoms with Crippen molar-refractivity contribution in [3.05, 3.63) is 102 Å². The molecule has 3 aromatic carbocycles. The van der Waals surface area contributed by atoms with Gasteiger partial charge < -0.3 is 0 Å². The van der Waals surface area contributed by atoms with Crippen LogP contribution in [0.1, 0.15) is 48.3 Å². The molecule has 0 aromatic heterocycles. The fraction of sp³-hybridized carbons (Fsp3) is 0.267. The van der Waals surface area contributed by atoms with Gasteiger partial charge in [0.25, 0.3) is 0 Å². The molecule has 151 valence electrons.